The van der Waals surface area contributed by atoms with E-state index in [9.17, 15) is 10.0 Å². The quantitative estimate of drug-likeness (QED) is 0.299. The van der Waals surface area contributed by atoms with Crippen LogP contribution in [-0.2, 0) is 24.0 Å². The second kappa shape index (κ2) is 13.0. The van der Waals surface area contributed by atoms with Gasteiger partial charge in [-0.2, -0.15) is 4.91 Å². The molecule has 0 spiro atoms. The number of hydrogen-bond acceptors (Lipinski definition) is 4. The Balaban J connectivity index is 1.94. The zero-order valence-corrected chi connectivity index (χ0v) is 20.7. The number of benzene rings is 1. The molecular weight excluding hydrogens is 410 g/mol. The average molecular weight is 452 g/mol. The van der Waals surface area contributed by atoms with Crippen molar-refractivity contribution in [3.8, 4) is 0 Å². The van der Waals surface area contributed by atoms with E-state index in [1.807, 2.05) is 0 Å². The van der Waals surface area contributed by atoms with Gasteiger partial charge in [0.05, 0.1) is 19.3 Å². The molecule has 1 aromatic carbocycles. The van der Waals surface area contributed by atoms with Crippen molar-refractivity contribution in [2.75, 3.05) is 20.3 Å². The standard InChI is InChI=1S/C29H41NO3/c1-4-21-18-24(23-11-13-27(31)14-12-23)8-6-9-29(21)26-19-22(5-2)28(10-7-16-30-32)25(20-26)15-17-33-3/h8-9,18-20,23,27,31H,4-7,10-17H2,1-3H3. The maximum absolute atomic E-state index is 10.6. The fourth-order valence-electron chi connectivity index (χ4n) is 5.42. The molecule has 2 aliphatic rings. The summed E-state index contributed by atoms with van der Waals surface area (Å²) in [6.45, 7) is 5.53. The molecule has 1 aromatic rings. The molecule has 0 aliphatic heterocycles. The minimum atomic E-state index is -0.116. The van der Waals surface area contributed by atoms with Gasteiger partial charge in [0.2, 0.25) is 0 Å². The zero-order chi connectivity index (χ0) is 23.6. The summed E-state index contributed by atoms with van der Waals surface area (Å²) in [6, 6.07) is 4.73. The minimum Gasteiger partial charge on any atom is -0.393 e. The molecule has 1 N–H and O–H groups in total. The van der Waals surface area contributed by atoms with Crippen molar-refractivity contribution in [2.24, 2.45) is 11.1 Å². The van der Waals surface area contributed by atoms with E-state index in [-0.39, 0.29) is 6.10 Å². The van der Waals surface area contributed by atoms with Crippen molar-refractivity contribution in [3.05, 3.63) is 68.7 Å². The van der Waals surface area contributed by atoms with Crippen LogP contribution < -0.4 is 0 Å². The summed E-state index contributed by atoms with van der Waals surface area (Å²) in [7, 11) is 1.75. The van der Waals surface area contributed by atoms with E-state index >= 15 is 0 Å². The molecule has 4 nitrogen and oxygen atoms in total. The van der Waals surface area contributed by atoms with Gasteiger partial charge in [-0.1, -0.05) is 49.4 Å². The van der Waals surface area contributed by atoms with Crippen LogP contribution in [0.15, 0.2) is 46.7 Å². The topological polar surface area (TPSA) is 58.9 Å². The van der Waals surface area contributed by atoms with Crippen LogP contribution in [0.3, 0.4) is 0 Å². The van der Waals surface area contributed by atoms with Gasteiger partial charge in [0.15, 0.2) is 0 Å². The highest BCUT2D eigenvalue weighted by molar-refractivity contribution is 5.81. The van der Waals surface area contributed by atoms with Gasteiger partial charge >= 0.3 is 0 Å². The first-order valence-corrected chi connectivity index (χ1v) is 12.8. The van der Waals surface area contributed by atoms with Crippen LogP contribution >= 0.6 is 0 Å². The van der Waals surface area contributed by atoms with E-state index in [4.69, 9.17) is 4.74 Å². The van der Waals surface area contributed by atoms with Crippen LogP contribution in [0.2, 0.25) is 0 Å². The Kier molecular flexibility index (Phi) is 10.1. The van der Waals surface area contributed by atoms with Crippen molar-refractivity contribution in [3.63, 3.8) is 0 Å². The van der Waals surface area contributed by atoms with Gasteiger partial charge in [-0.3, -0.25) is 0 Å². The average Bonchev–Trinajstić information content (AvgIpc) is 3.06. The van der Waals surface area contributed by atoms with E-state index in [2.05, 4.69) is 49.4 Å². The third-order valence-electron chi connectivity index (χ3n) is 7.29. The molecule has 0 saturated heterocycles. The Morgan fingerprint density at radius 3 is 2.45 bits per heavy atom. The molecule has 1 saturated carbocycles. The summed E-state index contributed by atoms with van der Waals surface area (Å²) < 4.78 is 5.42. The summed E-state index contributed by atoms with van der Waals surface area (Å²) >= 11 is 0. The Morgan fingerprint density at radius 2 is 1.79 bits per heavy atom. The van der Waals surface area contributed by atoms with Crippen LogP contribution in [0.5, 0.6) is 0 Å². The van der Waals surface area contributed by atoms with E-state index in [0.29, 0.717) is 19.1 Å². The SMILES string of the molecule is CCC1=CC(C2CCC(O)CC2)=CCC=C1c1cc(CC)c(CCCN=O)c(CCOC)c1. The number of aliphatic hydroxyl groups excluding tert-OH is 1. The highest BCUT2D eigenvalue weighted by Crippen LogP contribution is 2.37. The molecule has 0 bridgehead atoms. The number of nitrogens with zero attached hydrogens (tertiary/aromatic N) is 1. The van der Waals surface area contributed by atoms with Crippen LogP contribution in [0.4, 0.5) is 0 Å². The van der Waals surface area contributed by atoms with E-state index in [1.165, 1.54) is 39.0 Å². The van der Waals surface area contributed by atoms with E-state index in [0.717, 1.165) is 64.2 Å². The monoisotopic (exact) mass is 451 g/mol. The molecule has 0 radical (unpaired) electrons. The maximum Gasteiger partial charge on any atom is 0.0814 e. The number of aliphatic hydroxyl groups is 1. The maximum atomic E-state index is 10.6. The summed E-state index contributed by atoms with van der Waals surface area (Å²) in [5.74, 6) is 0.569. The highest BCUT2D eigenvalue weighted by atomic mass is 16.5. The van der Waals surface area contributed by atoms with Crippen molar-refractivity contribution in [1.82, 2.24) is 0 Å². The lowest BCUT2D eigenvalue weighted by atomic mass is 9.81. The third-order valence-corrected chi connectivity index (χ3v) is 7.29. The number of hydrogen-bond donors (Lipinski definition) is 1. The second-order valence-electron chi connectivity index (χ2n) is 9.41. The molecule has 0 aromatic heterocycles. The zero-order valence-electron chi connectivity index (χ0n) is 20.7. The number of methoxy groups -OCH3 is 1. The van der Waals surface area contributed by atoms with Gasteiger partial charge in [-0.25, -0.2) is 0 Å². The molecule has 1 fully saturated rings. The summed E-state index contributed by atoms with van der Waals surface area (Å²) in [5, 5.41) is 13.0. The molecule has 33 heavy (non-hydrogen) atoms. The smallest absolute Gasteiger partial charge is 0.0814 e. The van der Waals surface area contributed by atoms with Gasteiger partial charge < -0.3 is 9.84 Å². The lowest BCUT2D eigenvalue weighted by molar-refractivity contribution is 0.116. The molecule has 180 valence electrons. The molecule has 0 heterocycles. The van der Waals surface area contributed by atoms with Crippen LogP contribution in [-0.4, -0.2) is 31.5 Å². The summed E-state index contributed by atoms with van der Waals surface area (Å²) in [5.41, 5.74) is 9.61. The van der Waals surface area contributed by atoms with Crippen LogP contribution in [0.25, 0.3) is 5.57 Å². The highest BCUT2D eigenvalue weighted by Gasteiger charge is 2.23. The number of nitroso groups, excluding NO2 is 1. The first kappa shape index (κ1) is 25.6. The Hall–Kier alpha value is -2.04. The van der Waals surface area contributed by atoms with Crippen molar-refractivity contribution in [2.45, 2.75) is 84.2 Å². The molecule has 4 heteroatoms. The summed E-state index contributed by atoms with van der Waals surface area (Å²) in [6.07, 6.45) is 16.6. The molecule has 3 rings (SSSR count). The molecule has 0 atom stereocenters. The minimum absolute atomic E-state index is 0.116. The van der Waals surface area contributed by atoms with Gasteiger partial charge in [-0.15, -0.1) is 0 Å². The Bertz CT molecular complexity index is 888. The lowest BCUT2D eigenvalue weighted by Crippen LogP contribution is -2.19. The number of ether oxygens (including phenoxy) is 1. The lowest BCUT2D eigenvalue weighted by Gasteiger charge is -2.26. The Morgan fingerprint density at radius 1 is 1.03 bits per heavy atom. The largest absolute Gasteiger partial charge is 0.393 e. The van der Waals surface area contributed by atoms with Crippen molar-refractivity contribution < 1.29 is 9.84 Å². The molecular formula is C29H41NO3. The predicted octanol–water partition coefficient (Wildman–Crippen LogP) is 6.74. The number of aryl methyl sites for hydroxylation is 1. The second-order valence-corrected chi connectivity index (χ2v) is 9.41. The van der Waals surface area contributed by atoms with Gasteiger partial charge in [-0.05, 0) is 109 Å². The van der Waals surface area contributed by atoms with Crippen molar-refractivity contribution >= 4 is 5.57 Å². The van der Waals surface area contributed by atoms with E-state index in [1.54, 1.807) is 7.11 Å². The molecule has 0 amide bonds. The van der Waals surface area contributed by atoms with Crippen LogP contribution in [0, 0.1) is 10.8 Å². The van der Waals surface area contributed by atoms with Crippen LogP contribution in [0.1, 0.15) is 81.0 Å². The molecule has 0 unspecified atom stereocenters. The van der Waals surface area contributed by atoms with Gasteiger partial charge in [0.1, 0.15) is 0 Å². The van der Waals surface area contributed by atoms with Crippen molar-refractivity contribution in [1.29, 1.82) is 0 Å². The first-order valence-electron chi connectivity index (χ1n) is 12.8. The fraction of sp³-hybridized carbons (Fsp3) is 0.586. The third kappa shape index (κ3) is 6.74. The van der Waals surface area contributed by atoms with Gasteiger partial charge in [0.25, 0.3) is 0 Å². The first-order chi connectivity index (χ1) is 16.1. The predicted molar refractivity (Wildman–Crippen MR) is 137 cm³/mol. The Labute approximate surface area is 199 Å². The fourth-order valence-corrected chi connectivity index (χ4v) is 5.42. The van der Waals surface area contributed by atoms with E-state index < -0.39 is 0 Å². The number of allylic oxidation sites excluding steroid dienone is 6. The normalized spacial score (nSPS) is 21.2. The number of rotatable bonds is 11. The molecule has 2 aliphatic carbocycles. The summed E-state index contributed by atoms with van der Waals surface area (Å²) in [4.78, 5) is 10.6. The van der Waals surface area contributed by atoms with Gasteiger partial charge in [0, 0.05) is 7.11 Å².